The van der Waals surface area contributed by atoms with Crippen LogP contribution in [0.5, 0.6) is 0 Å². The van der Waals surface area contributed by atoms with Crippen molar-refractivity contribution in [2.24, 2.45) is 0 Å². The van der Waals surface area contributed by atoms with E-state index in [2.05, 4.69) is 32.6 Å². The molecule has 0 bridgehead atoms. The van der Waals surface area contributed by atoms with Gasteiger partial charge in [-0.25, -0.2) is 15.0 Å². The number of benzene rings is 1. The van der Waals surface area contributed by atoms with E-state index in [1.54, 1.807) is 12.5 Å². The third-order valence-corrected chi connectivity index (χ3v) is 2.85. The fraction of sp³-hybridized carbons (Fsp3) is 0.0833. The van der Waals surface area contributed by atoms with Crippen molar-refractivity contribution in [1.29, 1.82) is 0 Å². The molecule has 84 valence electrons. The van der Waals surface area contributed by atoms with Gasteiger partial charge in [0.25, 0.3) is 0 Å². The third-order valence-electron chi connectivity index (χ3n) is 2.56. The topological polar surface area (TPSA) is 54.5 Å². The minimum atomic E-state index is 0.542. The SMILES string of the molecule is SCc1nccc(-c2ccc3nc[nH]c3c2)n1. The van der Waals surface area contributed by atoms with Crippen molar-refractivity contribution in [3.63, 3.8) is 0 Å². The largest absolute Gasteiger partial charge is 0.345 e. The summed E-state index contributed by atoms with van der Waals surface area (Å²) in [5.41, 5.74) is 3.92. The Bertz CT molecular complexity index is 662. The van der Waals surface area contributed by atoms with E-state index < -0.39 is 0 Å². The smallest absolute Gasteiger partial charge is 0.138 e. The molecule has 0 fully saturated rings. The van der Waals surface area contributed by atoms with Gasteiger partial charge < -0.3 is 4.98 Å². The molecular formula is C12H10N4S. The van der Waals surface area contributed by atoms with Crippen LogP contribution in [0.2, 0.25) is 0 Å². The fourth-order valence-electron chi connectivity index (χ4n) is 1.73. The zero-order valence-corrected chi connectivity index (χ0v) is 9.85. The predicted molar refractivity (Wildman–Crippen MR) is 69.8 cm³/mol. The summed E-state index contributed by atoms with van der Waals surface area (Å²) in [6.45, 7) is 0. The van der Waals surface area contributed by atoms with E-state index in [9.17, 15) is 0 Å². The van der Waals surface area contributed by atoms with Gasteiger partial charge in [-0.1, -0.05) is 6.07 Å². The lowest BCUT2D eigenvalue weighted by Gasteiger charge is -2.02. The molecule has 2 heterocycles. The highest BCUT2D eigenvalue weighted by molar-refractivity contribution is 7.79. The van der Waals surface area contributed by atoms with Crippen LogP contribution in [0.1, 0.15) is 5.82 Å². The first kappa shape index (κ1) is 10.3. The van der Waals surface area contributed by atoms with Crippen molar-refractivity contribution in [3.05, 3.63) is 42.6 Å². The first-order chi connectivity index (χ1) is 8.36. The number of nitrogens with zero attached hydrogens (tertiary/aromatic N) is 3. The van der Waals surface area contributed by atoms with Crippen LogP contribution in [0.25, 0.3) is 22.3 Å². The van der Waals surface area contributed by atoms with Crippen molar-refractivity contribution in [1.82, 2.24) is 19.9 Å². The average molecular weight is 242 g/mol. The van der Waals surface area contributed by atoms with Crippen LogP contribution in [0.4, 0.5) is 0 Å². The molecule has 0 aliphatic rings. The molecule has 3 aromatic rings. The molecule has 0 saturated carbocycles. The van der Waals surface area contributed by atoms with E-state index in [1.807, 2.05) is 24.3 Å². The second kappa shape index (κ2) is 4.18. The van der Waals surface area contributed by atoms with E-state index in [0.29, 0.717) is 5.75 Å². The van der Waals surface area contributed by atoms with Gasteiger partial charge >= 0.3 is 0 Å². The van der Waals surface area contributed by atoms with Gasteiger partial charge in [0.1, 0.15) is 5.82 Å². The van der Waals surface area contributed by atoms with Crippen LogP contribution in [-0.2, 0) is 5.75 Å². The second-order valence-electron chi connectivity index (χ2n) is 3.65. The first-order valence-corrected chi connectivity index (χ1v) is 5.86. The number of hydrogen-bond donors (Lipinski definition) is 2. The first-order valence-electron chi connectivity index (χ1n) is 5.23. The minimum absolute atomic E-state index is 0.542. The van der Waals surface area contributed by atoms with Crippen LogP contribution in [0.3, 0.4) is 0 Å². The van der Waals surface area contributed by atoms with Crippen molar-refractivity contribution >= 4 is 23.7 Å². The van der Waals surface area contributed by atoms with Crippen molar-refractivity contribution in [2.75, 3.05) is 0 Å². The summed E-state index contributed by atoms with van der Waals surface area (Å²) in [4.78, 5) is 15.8. The number of aromatic nitrogens is 4. The van der Waals surface area contributed by atoms with Crippen molar-refractivity contribution in [3.8, 4) is 11.3 Å². The summed E-state index contributed by atoms with van der Waals surface area (Å²) in [6.07, 6.45) is 3.44. The Morgan fingerprint density at radius 3 is 3.00 bits per heavy atom. The maximum absolute atomic E-state index is 4.43. The number of thiol groups is 1. The quantitative estimate of drug-likeness (QED) is 0.679. The molecule has 0 amide bonds. The van der Waals surface area contributed by atoms with Gasteiger partial charge in [-0.2, -0.15) is 12.6 Å². The van der Waals surface area contributed by atoms with Gasteiger partial charge in [0, 0.05) is 11.8 Å². The van der Waals surface area contributed by atoms with Crippen LogP contribution in [0.15, 0.2) is 36.8 Å². The lowest BCUT2D eigenvalue weighted by molar-refractivity contribution is 1.04. The van der Waals surface area contributed by atoms with Crippen LogP contribution < -0.4 is 0 Å². The summed E-state index contributed by atoms with van der Waals surface area (Å²) < 4.78 is 0. The number of H-pyrrole nitrogens is 1. The molecule has 0 saturated heterocycles. The molecule has 0 unspecified atom stereocenters. The van der Waals surface area contributed by atoms with E-state index >= 15 is 0 Å². The molecule has 0 aliphatic heterocycles. The van der Waals surface area contributed by atoms with Gasteiger partial charge in [0.15, 0.2) is 0 Å². The number of fused-ring (bicyclic) bond motifs is 1. The van der Waals surface area contributed by atoms with E-state index in [-0.39, 0.29) is 0 Å². The summed E-state index contributed by atoms with van der Waals surface area (Å²) in [5.74, 6) is 1.27. The zero-order chi connectivity index (χ0) is 11.7. The Morgan fingerprint density at radius 1 is 1.18 bits per heavy atom. The predicted octanol–water partition coefficient (Wildman–Crippen LogP) is 2.45. The summed E-state index contributed by atoms with van der Waals surface area (Å²) >= 11 is 4.18. The highest BCUT2D eigenvalue weighted by Gasteiger charge is 2.03. The Balaban J connectivity index is 2.12. The molecule has 3 rings (SSSR count). The molecule has 1 aromatic carbocycles. The van der Waals surface area contributed by atoms with Crippen molar-refractivity contribution in [2.45, 2.75) is 5.75 Å². The highest BCUT2D eigenvalue weighted by Crippen LogP contribution is 2.20. The molecule has 0 spiro atoms. The van der Waals surface area contributed by atoms with Gasteiger partial charge in [-0.3, -0.25) is 0 Å². The summed E-state index contributed by atoms with van der Waals surface area (Å²) in [5, 5.41) is 0. The number of nitrogens with one attached hydrogen (secondary N) is 1. The van der Waals surface area contributed by atoms with Gasteiger partial charge in [-0.05, 0) is 18.2 Å². The van der Waals surface area contributed by atoms with E-state index in [4.69, 9.17) is 0 Å². The molecule has 2 aromatic heterocycles. The van der Waals surface area contributed by atoms with Crippen LogP contribution in [-0.4, -0.2) is 19.9 Å². The van der Waals surface area contributed by atoms with Crippen molar-refractivity contribution < 1.29 is 0 Å². The van der Waals surface area contributed by atoms with Crippen LogP contribution >= 0.6 is 12.6 Å². The third kappa shape index (κ3) is 1.89. The number of rotatable bonds is 2. The second-order valence-corrected chi connectivity index (χ2v) is 3.97. The number of hydrogen-bond acceptors (Lipinski definition) is 4. The fourth-order valence-corrected chi connectivity index (χ4v) is 1.88. The Labute approximate surface area is 104 Å². The molecule has 0 aliphatic carbocycles. The lowest BCUT2D eigenvalue weighted by Crippen LogP contribution is -1.92. The van der Waals surface area contributed by atoms with Crippen LogP contribution in [0, 0.1) is 0 Å². The Kier molecular flexibility index (Phi) is 2.53. The summed E-state index contributed by atoms with van der Waals surface area (Å²) in [6, 6.07) is 7.91. The van der Waals surface area contributed by atoms with E-state index in [0.717, 1.165) is 28.1 Å². The normalized spacial score (nSPS) is 10.9. The Hall–Kier alpha value is -1.88. The average Bonchev–Trinajstić information content (AvgIpc) is 2.86. The lowest BCUT2D eigenvalue weighted by atomic mass is 10.1. The standard InChI is InChI=1S/C12H10N4S/c17-6-12-13-4-3-9(16-12)8-1-2-10-11(5-8)15-7-14-10/h1-5,7,17H,6H2,(H,14,15). The minimum Gasteiger partial charge on any atom is -0.345 e. The molecule has 17 heavy (non-hydrogen) atoms. The molecule has 0 radical (unpaired) electrons. The molecule has 0 atom stereocenters. The Morgan fingerprint density at radius 2 is 2.12 bits per heavy atom. The zero-order valence-electron chi connectivity index (χ0n) is 8.96. The molecule has 1 N–H and O–H groups in total. The van der Waals surface area contributed by atoms with Gasteiger partial charge in [0.05, 0.1) is 28.8 Å². The van der Waals surface area contributed by atoms with E-state index in [1.165, 1.54) is 0 Å². The number of imidazole rings is 1. The summed E-state index contributed by atoms with van der Waals surface area (Å²) in [7, 11) is 0. The molecule has 5 heteroatoms. The maximum Gasteiger partial charge on any atom is 0.138 e. The van der Waals surface area contributed by atoms with Gasteiger partial charge in [0.2, 0.25) is 0 Å². The molecular weight excluding hydrogens is 232 g/mol. The number of aromatic amines is 1. The maximum atomic E-state index is 4.43. The highest BCUT2D eigenvalue weighted by atomic mass is 32.1. The monoisotopic (exact) mass is 242 g/mol. The van der Waals surface area contributed by atoms with Gasteiger partial charge in [-0.15, -0.1) is 0 Å². The molecule has 4 nitrogen and oxygen atoms in total.